The molecule has 4 N–H and O–H groups in total. The summed E-state index contributed by atoms with van der Waals surface area (Å²) in [6.07, 6.45) is 2.57. The van der Waals surface area contributed by atoms with Gasteiger partial charge >= 0.3 is 0 Å². The summed E-state index contributed by atoms with van der Waals surface area (Å²) in [7, 11) is 0.0563. The molecule has 1 aromatic rings. The molecule has 1 aliphatic carbocycles. The number of nitrogens with zero attached hydrogens (tertiary/aromatic N) is 1. The molecule has 0 aliphatic heterocycles. The Morgan fingerprint density at radius 2 is 2.10 bits per heavy atom. The standard InChI is InChI=1S/C13H22N4O2S/c1-15-20(18,19)11-5-6-13(12(14)9-11)16-7-8-17(2)10-3-4-10/h5-6,9-10,15-16H,3-4,7-8,14H2,1-2H3. The molecule has 0 atom stereocenters. The maximum atomic E-state index is 11.7. The Balaban J connectivity index is 1.95. The van der Waals surface area contributed by atoms with Crippen LogP contribution in [0.15, 0.2) is 23.1 Å². The summed E-state index contributed by atoms with van der Waals surface area (Å²) >= 11 is 0. The molecule has 0 saturated heterocycles. The summed E-state index contributed by atoms with van der Waals surface area (Å²) < 4.78 is 25.6. The minimum Gasteiger partial charge on any atom is -0.397 e. The Morgan fingerprint density at radius 1 is 1.40 bits per heavy atom. The van der Waals surface area contributed by atoms with E-state index in [1.807, 2.05) is 0 Å². The van der Waals surface area contributed by atoms with Crippen LogP contribution in [0.2, 0.25) is 0 Å². The predicted molar refractivity (Wildman–Crippen MR) is 81.2 cm³/mol. The number of rotatable bonds is 7. The van der Waals surface area contributed by atoms with Crippen LogP contribution in [0.4, 0.5) is 11.4 Å². The first kappa shape index (κ1) is 15.1. The second-order valence-corrected chi connectivity index (χ2v) is 6.98. The van der Waals surface area contributed by atoms with E-state index in [-0.39, 0.29) is 4.90 Å². The summed E-state index contributed by atoms with van der Waals surface area (Å²) in [5.74, 6) is 0. The zero-order valence-corrected chi connectivity index (χ0v) is 12.7. The molecule has 1 aromatic carbocycles. The Hall–Kier alpha value is -1.31. The molecule has 112 valence electrons. The van der Waals surface area contributed by atoms with Crippen molar-refractivity contribution in [3.8, 4) is 0 Å². The van der Waals surface area contributed by atoms with Gasteiger partial charge in [-0.1, -0.05) is 0 Å². The number of nitrogen functional groups attached to an aromatic ring is 1. The molecule has 6 nitrogen and oxygen atoms in total. The fourth-order valence-electron chi connectivity index (χ4n) is 2.05. The highest BCUT2D eigenvalue weighted by Crippen LogP contribution is 2.25. The van der Waals surface area contributed by atoms with Crippen molar-refractivity contribution in [3.05, 3.63) is 18.2 Å². The SMILES string of the molecule is CNS(=O)(=O)c1ccc(NCCN(C)C2CC2)c(N)c1. The van der Waals surface area contributed by atoms with Crippen molar-refractivity contribution < 1.29 is 8.42 Å². The van der Waals surface area contributed by atoms with Gasteiger partial charge in [0.15, 0.2) is 0 Å². The van der Waals surface area contributed by atoms with E-state index in [9.17, 15) is 8.42 Å². The lowest BCUT2D eigenvalue weighted by atomic mass is 10.2. The molecule has 0 amide bonds. The van der Waals surface area contributed by atoms with Gasteiger partial charge in [0.05, 0.1) is 16.3 Å². The van der Waals surface area contributed by atoms with E-state index in [1.54, 1.807) is 12.1 Å². The Morgan fingerprint density at radius 3 is 2.65 bits per heavy atom. The lowest BCUT2D eigenvalue weighted by Gasteiger charge is -2.17. The lowest BCUT2D eigenvalue weighted by Crippen LogP contribution is -2.27. The Bertz CT molecular complexity index is 570. The van der Waals surface area contributed by atoms with Crippen LogP contribution in [0.3, 0.4) is 0 Å². The van der Waals surface area contributed by atoms with Gasteiger partial charge in [0, 0.05) is 19.1 Å². The molecule has 1 aliphatic rings. The van der Waals surface area contributed by atoms with Crippen molar-refractivity contribution in [3.63, 3.8) is 0 Å². The Labute approximate surface area is 120 Å². The van der Waals surface area contributed by atoms with E-state index < -0.39 is 10.0 Å². The van der Waals surface area contributed by atoms with Crippen molar-refractivity contribution in [1.29, 1.82) is 0 Å². The van der Waals surface area contributed by atoms with E-state index in [2.05, 4.69) is 22.0 Å². The summed E-state index contributed by atoms with van der Waals surface area (Å²) in [4.78, 5) is 2.50. The molecule has 2 rings (SSSR count). The van der Waals surface area contributed by atoms with Gasteiger partial charge in [0.2, 0.25) is 10.0 Å². The van der Waals surface area contributed by atoms with Gasteiger partial charge in [0.25, 0.3) is 0 Å². The number of nitrogens with two attached hydrogens (primary N) is 1. The molecule has 7 heteroatoms. The fourth-order valence-corrected chi connectivity index (χ4v) is 2.82. The molecule has 1 fully saturated rings. The summed E-state index contributed by atoms with van der Waals surface area (Å²) in [5, 5.41) is 3.24. The zero-order valence-electron chi connectivity index (χ0n) is 11.9. The van der Waals surface area contributed by atoms with E-state index in [0.717, 1.165) is 24.8 Å². The van der Waals surface area contributed by atoms with Gasteiger partial charge in [-0.25, -0.2) is 13.1 Å². The quantitative estimate of drug-likeness (QED) is 0.645. The van der Waals surface area contributed by atoms with E-state index in [0.29, 0.717) is 5.69 Å². The molecule has 0 radical (unpaired) electrons. The van der Waals surface area contributed by atoms with Crippen LogP contribution in [0.5, 0.6) is 0 Å². The average molecular weight is 298 g/mol. The summed E-state index contributed by atoms with van der Waals surface area (Å²) in [6.45, 7) is 1.73. The van der Waals surface area contributed by atoms with Crippen molar-refractivity contribution in [1.82, 2.24) is 9.62 Å². The van der Waals surface area contributed by atoms with Gasteiger partial charge in [-0.15, -0.1) is 0 Å². The van der Waals surface area contributed by atoms with Gasteiger partial charge in [-0.3, -0.25) is 0 Å². The van der Waals surface area contributed by atoms with E-state index in [4.69, 9.17) is 5.73 Å². The molecule has 20 heavy (non-hydrogen) atoms. The van der Waals surface area contributed by atoms with Crippen molar-refractivity contribution in [2.75, 3.05) is 38.2 Å². The molecule has 0 heterocycles. The second kappa shape index (κ2) is 5.99. The molecular formula is C13H22N4O2S. The van der Waals surface area contributed by atoms with E-state index >= 15 is 0 Å². The number of hydrogen-bond donors (Lipinski definition) is 3. The van der Waals surface area contributed by atoms with Gasteiger partial charge in [0.1, 0.15) is 0 Å². The van der Waals surface area contributed by atoms with Gasteiger partial charge < -0.3 is 16.0 Å². The van der Waals surface area contributed by atoms with Crippen molar-refractivity contribution in [2.45, 2.75) is 23.8 Å². The minimum atomic E-state index is -3.44. The van der Waals surface area contributed by atoms with Crippen LogP contribution >= 0.6 is 0 Å². The highest BCUT2D eigenvalue weighted by molar-refractivity contribution is 7.89. The normalized spacial score (nSPS) is 15.6. The van der Waals surface area contributed by atoms with Crippen molar-refractivity contribution in [2.24, 2.45) is 0 Å². The van der Waals surface area contributed by atoms with Crippen molar-refractivity contribution >= 4 is 21.4 Å². The topological polar surface area (TPSA) is 87.5 Å². The summed E-state index contributed by atoms with van der Waals surface area (Å²) in [5.41, 5.74) is 7.10. The number of nitrogens with one attached hydrogen (secondary N) is 2. The van der Waals surface area contributed by atoms with Crippen LogP contribution in [0, 0.1) is 0 Å². The molecular weight excluding hydrogens is 276 g/mol. The molecule has 0 bridgehead atoms. The highest BCUT2D eigenvalue weighted by atomic mass is 32.2. The number of sulfonamides is 1. The predicted octanol–water partition coefficient (Wildman–Crippen LogP) is 0.683. The second-order valence-electron chi connectivity index (χ2n) is 5.10. The zero-order chi connectivity index (χ0) is 14.8. The third-order valence-electron chi connectivity index (χ3n) is 3.55. The van der Waals surface area contributed by atoms with Crippen LogP contribution in [0.1, 0.15) is 12.8 Å². The minimum absolute atomic E-state index is 0.179. The summed E-state index contributed by atoms with van der Waals surface area (Å²) in [6, 6.07) is 5.46. The molecule has 1 saturated carbocycles. The van der Waals surface area contributed by atoms with Crippen LogP contribution < -0.4 is 15.8 Å². The number of likely N-dealkylation sites (N-methyl/N-ethyl adjacent to an activating group) is 1. The highest BCUT2D eigenvalue weighted by Gasteiger charge is 2.25. The number of benzene rings is 1. The average Bonchev–Trinajstić information content (AvgIpc) is 3.24. The maximum absolute atomic E-state index is 11.7. The van der Waals surface area contributed by atoms with Gasteiger partial charge in [-0.05, 0) is 45.1 Å². The number of anilines is 2. The first-order valence-electron chi connectivity index (χ1n) is 6.71. The maximum Gasteiger partial charge on any atom is 0.240 e. The largest absolute Gasteiger partial charge is 0.397 e. The third kappa shape index (κ3) is 3.62. The molecule has 0 unspecified atom stereocenters. The third-order valence-corrected chi connectivity index (χ3v) is 4.96. The lowest BCUT2D eigenvalue weighted by molar-refractivity contribution is 0.337. The number of hydrogen-bond acceptors (Lipinski definition) is 5. The fraction of sp³-hybridized carbons (Fsp3) is 0.538. The first-order valence-corrected chi connectivity index (χ1v) is 8.19. The van der Waals surface area contributed by atoms with Gasteiger partial charge in [-0.2, -0.15) is 0 Å². The van der Waals surface area contributed by atoms with E-state index in [1.165, 1.54) is 26.0 Å². The smallest absolute Gasteiger partial charge is 0.240 e. The van der Waals surface area contributed by atoms with Crippen LogP contribution in [0.25, 0.3) is 0 Å². The van der Waals surface area contributed by atoms with Crippen LogP contribution in [-0.2, 0) is 10.0 Å². The molecule has 0 aromatic heterocycles. The monoisotopic (exact) mass is 298 g/mol. The van der Waals surface area contributed by atoms with Crippen LogP contribution in [-0.4, -0.2) is 46.5 Å². The first-order chi connectivity index (χ1) is 9.44. The Kier molecular flexibility index (Phi) is 4.52. The molecule has 0 spiro atoms.